The number of amides is 1. The number of aryl methyl sites for hydroxylation is 1. The highest BCUT2D eigenvalue weighted by Crippen LogP contribution is 2.30. The van der Waals surface area contributed by atoms with E-state index in [1.807, 2.05) is 55.5 Å². The quantitative estimate of drug-likeness (QED) is 0.920. The summed E-state index contributed by atoms with van der Waals surface area (Å²) < 4.78 is 16.9. The second-order valence-electron chi connectivity index (χ2n) is 5.36. The predicted octanol–water partition coefficient (Wildman–Crippen LogP) is 2.33. The Morgan fingerprint density at radius 1 is 1.17 bits per heavy atom. The Bertz CT molecular complexity index is 686. The van der Waals surface area contributed by atoms with Crippen molar-refractivity contribution in [1.82, 2.24) is 5.32 Å². The molecule has 1 aliphatic heterocycles. The third-order valence-corrected chi connectivity index (χ3v) is 3.55. The molecule has 1 atom stereocenters. The van der Waals surface area contributed by atoms with Gasteiger partial charge in [-0.1, -0.05) is 30.3 Å². The second kappa shape index (κ2) is 7.05. The molecule has 120 valence electrons. The van der Waals surface area contributed by atoms with Crippen LogP contribution in [-0.4, -0.2) is 31.8 Å². The zero-order chi connectivity index (χ0) is 16.1. The molecular weight excluding hydrogens is 294 g/mol. The predicted molar refractivity (Wildman–Crippen MR) is 86.0 cm³/mol. The van der Waals surface area contributed by atoms with Gasteiger partial charge >= 0.3 is 0 Å². The molecule has 0 aliphatic carbocycles. The lowest BCUT2D eigenvalue weighted by molar-refractivity contribution is -0.123. The number of benzene rings is 2. The number of para-hydroxylation sites is 3. The average molecular weight is 313 g/mol. The first-order valence-corrected chi connectivity index (χ1v) is 7.56. The van der Waals surface area contributed by atoms with Crippen LogP contribution in [0.5, 0.6) is 17.2 Å². The number of fused-ring (bicyclic) bond motifs is 1. The van der Waals surface area contributed by atoms with Crippen molar-refractivity contribution in [2.75, 3.05) is 19.8 Å². The summed E-state index contributed by atoms with van der Waals surface area (Å²) in [6.45, 7) is 2.72. The zero-order valence-electron chi connectivity index (χ0n) is 13.0. The number of carbonyl (C=O) groups is 1. The summed E-state index contributed by atoms with van der Waals surface area (Å²) >= 11 is 0. The van der Waals surface area contributed by atoms with Gasteiger partial charge < -0.3 is 19.5 Å². The van der Waals surface area contributed by atoms with Crippen molar-refractivity contribution in [3.05, 3.63) is 54.1 Å². The summed E-state index contributed by atoms with van der Waals surface area (Å²) in [5, 5.41) is 2.80. The van der Waals surface area contributed by atoms with E-state index in [2.05, 4.69) is 5.32 Å². The standard InChI is InChI=1S/C18H19NO4/c1-13-6-2-3-7-15(13)22-12-18(20)19-10-14-11-21-16-8-4-5-9-17(16)23-14/h2-9,14H,10-12H2,1H3,(H,19,20). The van der Waals surface area contributed by atoms with Gasteiger partial charge in [0.1, 0.15) is 18.5 Å². The van der Waals surface area contributed by atoms with Crippen molar-refractivity contribution in [3.63, 3.8) is 0 Å². The first-order chi connectivity index (χ1) is 11.2. The lowest BCUT2D eigenvalue weighted by Gasteiger charge is -2.26. The van der Waals surface area contributed by atoms with E-state index >= 15 is 0 Å². The SMILES string of the molecule is Cc1ccccc1OCC(=O)NCC1COc2ccccc2O1. The Morgan fingerprint density at radius 2 is 1.91 bits per heavy atom. The fourth-order valence-corrected chi connectivity index (χ4v) is 2.30. The van der Waals surface area contributed by atoms with E-state index in [-0.39, 0.29) is 18.6 Å². The normalized spacial score (nSPS) is 15.8. The topological polar surface area (TPSA) is 56.8 Å². The molecule has 1 aliphatic rings. The summed E-state index contributed by atoms with van der Waals surface area (Å²) in [6.07, 6.45) is -0.202. The van der Waals surface area contributed by atoms with Crippen molar-refractivity contribution in [1.29, 1.82) is 0 Å². The van der Waals surface area contributed by atoms with Gasteiger partial charge in [0.2, 0.25) is 0 Å². The van der Waals surface area contributed by atoms with Gasteiger partial charge in [0.25, 0.3) is 5.91 Å². The van der Waals surface area contributed by atoms with Gasteiger partial charge in [-0.25, -0.2) is 0 Å². The number of carbonyl (C=O) groups excluding carboxylic acids is 1. The lowest BCUT2D eigenvalue weighted by atomic mass is 10.2. The maximum Gasteiger partial charge on any atom is 0.258 e. The zero-order valence-corrected chi connectivity index (χ0v) is 13.0. The molecule has 0 spiro atoms. The molecule has 2 aromatic rings. The molecule has 0 radical (unpaired) electrons. The highest BCUT2D eigenvalue weighted by Gasteiger charge is 2.21. The van der Waals surface area contributed by atoms with Crippen molar-refractivity contribution in [3.8, 4) is 17.2 Å². The highest BCUT2D eigenvalue weighted by molar-refractivity contribution is 5.77. The van der Waals surface area contributed by atoms with Gasteiger partial charge in [-0.15, -0.1) is 0 Å². The average Bonchev–Trinajstić information content (AvgIpc) is 2.59. The maximum atomic E-state index is 11.9. The van der Waals surface area contributed by atoms with E-state index in [0.29, 0.717) is 24.7 Å². The van der Waals surface area contributed by atoms with Gasteiger partial charge in [0.05, 0.1) is 6.54 Å². The van der Waals surface area contributed by atoms with Crippen molar-refractivity contribution < 1.29 is 19.0 Å². The van der Waals surface area contributed by atoms with Crippen LogP contribution in [0.15, 0.2) is 48.5 Å². The van der Waals surface area contributed by atoms with Crippen LogP contribution in [0, 0.1) is 6.92 Å². The molecule has 5 nitrogen and oxygen atoms in total. The van der Waals surface area contributed by atoms with Crippen LogP contribution in [-0.2, 0) is 4.79 Å². The van der Waals surface area contributed by atoms with E-state index in [0.717, 1.165) is 11.3 Å². The molecule has 0 bridgehead atoms. The first kappa shape index (κ1) is 15.2. The van der Waals surface area contributed by atoms with Gasteiger partial charge in [0, 0.05) is 0 Å². The second-order valence-corrected chi connectivity index (χ2v) is 5.36. The number of ether oxygens (including phenoxy) is 3. The Labute approximate surface area is 135 Å². The Kier molecular flexibility index (Phi) is 4.66. The molecule has 3 rings (SSSR count). The Hall–Kier alpha value is -2.69. The highest BCUT2D eigenvalue weighted by atomic mass is 16.6. The number of nitrogens with one attached hydrogen (secondary N) is 1. The summed E-state index contributed by atoms with van der Waals surface area (Å²) in [7, 11) is 0. The number of hydrogen-bond acceptors (Lipinski definition) is 4. The van der Waals surface area contributed by atoms with Crippen LogP contribution in [0.2, 0.25) is 0 Å². The largest absolute Gasteiger partial charge is 0.486 e. The van der Waals surface area contributed by atoms with Crippen LogP contribution in [0.3, 0.4) is 0 Å². The summed E-state index contributed by atoms with van der Waals surface area (Å²) in [5.74, 6) is 1.97. The minimum Gasteiger partial charge on any atom is -0.486 e. The fraction of sp³-hybridized carbons (Fsp3) is 0.278. The fourth-order valence-electron chi connectivity index (χ4n) is 2.30. The van der Waals surface area contributed by atoms with Gasteiger partial charge in [0.15, 0.2) is 18.1 Å². The molecule has 2 aromatic carbocycles. The van der Waals surface area contributed by atoms with Crippen LogP contribution in [0.1, 0.15) is 5.56 Å². The molecule has 1 heterocycles. The molecule has 0 saturated carbocycles. The van der Waals surface area contributed by atoms with E-state index in [9.17, 15) is 4.79 Å². The van der Waals surface area contributed by atoms with E-state index in [1.54, 1.807) is 0 Å². The molecule has 5 heteroatoms. The van der Waals surface area contributed by atoms with Crippen LogP contribution in [0.4, 0.5) is 0 Å². The van der Waals surface area contributed by atoms with E-state index < -0.39 is 0 Å². The third kappa shape index (κ3) is 3.94. The molecule has 1 N–H and O–H groups in total. The smallest absolute Gasteiger partial charge is 0.258 e. The Balaban J connectivity index is 1.44. The molecule has 1 unspecified atom stereocenters. The summed E-state index contributed by atoms with van der Waals surface area (Å²) in [4.78, 5) is 11.9. The monoisotopic (exact) mass is 313 g/mol. The molecular formula is C18H19NO4. The summed E-state index contributed by atoms with van der Waals surface area (Å²) in [5.41, 5.74) is 1.00. The van der Waals surface area contributed by atoms with Crippen molar-refractivity contribution >= 4 is 5.91 Å². The molecule has 0 saturated heterocycles. The van der Waals surface area contributed by atoms with E-state index in [4.69, 9.17) is 14.2 Å². The summed E-state index contributed by atoms with van der Waals surface area (Å²) in [6, 6.07) is 15.1. The van der Waals surface area contributed by atoms with Crippen LogP contribution >= 0.6 is 0 Å². The Morgan fingerprint density at radius 3 is 2.74 bits per heavy atom. The first-order valence-electron chi connectivity index (χ1n) is 7.56. The molecule has 0 aromatic heterocycles. The maximum absolute atomic E-state index is 11.9. The molecule has 1 amide bonds. The van der Waals surface area contributed by atoms with Crippen LogP contribution < -0.4 is 19.5 Å². The van der Waals surface area contributed by atoms with E-state index in [1.165, 1.54) is 0 Å². The van der Waals surface area contributed by atoms with Crippen molar-refractivity contribution in [2.24, 2.45) is 0 Å². The molecule has 23 heavy (non-hydrogen) atoms. The van der Waals surface area contributed by atoms with Crippen LogP contribution in [0.25, 0.3) is 0 Å². The van der Waals surface area contributed by atoms with Gasteiger partial charge in [-0.3, -0.25) is 4.79 Å². The third-order valence-electron chi connectivity index (χ3n) is 3.55. The minimum atomic E-state index is -0.202. The van der Waals surface area contributed by atoms with Crippen molar-refractivity contribution in [2.45, 2.75) is 13.0 Å². The number of rotatable bonds is 5. The lowest BCUT2D eigenvalue weighted by Crippen LogP contribution is -2.42. The van der Waals surface area contributed by atoms with Gasteiger partial charge in [-0.2, -0.15) is 0 Å². The van der Waals surface area contributed by atoms with Gasteiger partial charge in [-0.05, 0) is 30.7 Å². The molecule has 0 fully saturated rings. The number of hydrogen-bond donors (Lipinski definition) is 1. The minimum absolute atomic E-state index is 0.0188.